The standard InChI is InChI=1S/C12H20N2O2/c1-5-9-14-10(7-8-13-14)11(15)12(3,6-2)16-4/h7-8H,5-6,9H2,1-4H3. The van der Waals surface area contributed by atoms with Gasteiger partial charge in [-0.2, -0.15) is 5.10 Å². The van der Waals surface area contributed by atoms with Crippen molar-refractivity contribution in [3.8, 4) is 0 Å². The number of hydrogen-bond acceptors (Lipinski definition) is 3. The lowest BCUT2D eigenvalue weighted by Gasteiger charge is -2.25. The largest absolute Gasteiger partial charge is 0.370 e. The topological polar surface area (TPSA) is 44.1 Å². The highest BCUT2D eigenvalue weighted by Crippen LogP contribution is 2.20. The molecular formula is C12H20N2O2. The Hall–Kier alpha value is -1.16. The third kappa shape index (κ3) is 2.32. The SMILES string of the molecule is CCCn1nccc1C(=O)C(C)(CC)OC. The van der Waals surface area contributed by atoms with E-state index >= 15 is 0 Å². The molecule has 0 spiro atoms. The summed E-state index contributed by atoms with van der Waals surface area (Å²) in [4.78, 5) is 12.3. The Balaban J connectivity index is 2.99. The van der Waals surface area contributed by atoms with Gasteiger partial charge in [-0.1, -0.05) is 13.8 Å². The highest BCUT2D eigenvalue weighted by atomic mass is 16.5. The minimum Gasteiger partial charge on any atom is -0.370 e. The predicted molar refractivity (Wildman–Crippen MR) is 62.6 cm³/mol. The molecule has 1 rings (SSSR count). The number of carbonyl (C=O) groups excluding carboxylic acids is 1. The summed E-state index contributed by atoms with van der Waals surface area (Å²) >= 11 is 0. The summed E-state index contributed by atoms with van der Waals surface area (Å²) in [6.07, 6.45) is 3.27. The molecule has 0 aliphatic heterocycles. The molecule has 0 aliphatic carbocycles. The number of ketones is 1. The first kappa shape index (κ1) is 12.9. The van der Waals surface area contributed by atoms with Gasteiger partial charge in [-0.15, -0.1) is 0 Å². The van der Waals surface area contributed by atoms with Crippen LogP contribution in [0.5, 0.6) is 0 Å². The molecule has 0 saturated heterocycles. The van der Waals surface area contributed by atoms with Gasteiger partial charge in [0.1, 0.15) is 11.3 Å². The molecular weight excluding hydrogens is 204 g/mol. The minimum atomic E-state index is -0.745. The molecule has 1 aromatic heterocycles. The van der Waals surface area contributed by atoms with Gasteiger partial charge >= 0.3 is 0 Å². The van der Waals surface area contributed by atoms with E-state index in [-0.39, 0.29) is 5.78 Å². The van der Waals surface area contributed by atoms with Gasteiger partial charge in [-0.05, 0) is 25.8 Å². The smallest absolute Gasteiger partial charge is 0.212 e. The highest BCUT2D eigenvalue weighted by molar-refractivity contribution is 6.00. The van der Waals surface area contributed by atoms with E-state index in [9.17, 15) is 4.79 Å². The molecule has 4 nitrogen and oxygen atoms in total. The number of methoxy groups -OCH3 is 1. The quantitative estimate of drug-likeness (QED) is 0.696. The summed E-state index contributed by atoms with van der Waals surface area (Å²) in [6, 6.07) is 1.75. The van der Waals surface area contributed by atoms with E-state index in [1.807, 2.05) is 13.8 Å². The van der Waals surface area contributed by atoms with Crippen LogP contribution in [0, 0.1) is 0 Å². The molecule has 16 heavy (non-hydrogen) atoms. The second kappa shape index (κ2) is 5.25. The normalized spacial score (nSPS) is 14.8. The number of aromatic nitrogens is 2. The van der Waals surface area contributed by atoms with Gasteiger partial charge in [-0.25, -0.2) is 0 Å². The fourth-order valence-corrected chi connectivity index (χ4v) is 1.58. The molecule has 1 heterocycles. The van der Waals surface area contributed by atoms with Gasteiger partial charge < -0.3 is 4.74 Å². The van der Waals surface area contributed by atoms with Crippen LogP contribution in [0.3, 0.4) is 0 Å². The number of rotatable bonds is 6. The summed E-state index contributed by atoms with van der Waals surface area (Å²) in [7, 11) is 1.57. The minimum absolute atomic E-state index is 0.00319. The van der Waals surface area contributed by atoms with Gasteiger partial charge in [-0.3, -0.25) is 9.48 Å². The van der Waals surface area contributed by atoms with Crippen LogP contribution in [0.2, 0.25) is 0 Å². The molecule has 0 saturated carbocycles. The average molecular weight is 224 g/mol. The molecule has 1 atom stereocenters. The van der Waals surface area contributed by atoms with Gasteiger partial charge in [0.25, 0.3) is 0 Å². The molecule has 0 aliphatic rings. The summed E-state index contributed by atoms with van der Waals surface area (Å²) in [6.45, 7) is 6.59. The monoisotopic (exact) mass is 224 g/mol. The van der Waals surface area contributed by atoms with E-state index < -0.39 is 5.60 Å². The number of carbonyl (C=O) groups is 1. The molecule has 4 heteroatoms. The maximum Gasteiger partial charge on any atom is 0.212 e. The van der Waals surface area contributed by atoms with Crippen molar-refractivity contribution >= 4 is 5.78 Å². The van der Waals surface area contributed by atoms with Crippen molar-refractivity contribution in [1.29, 1.82) is 0 Å². The zero-order valence-electron chi connectivity index (χ0n) is 10.5. The Morgan fingerprint density at radius 2 is 2.25 bits per heavy atom. The maximum atomic E-state index is 12.3. The first-order valence-corrected chi connectivity index (χ1v) is 5.70. The number of ether oxygens (including phenoxy) is 1. The number of aryl methyl sites for hydroxylation is 1. The third-order valence-electron chi connectivity index (χ3n) is 2.99. The van der Waals surface area contributed by atoms with E-state index in [1.165, 1.54) is 0 Å². The summed E-state index contributed by atoms with van der Waals surface area (Å²) in [5.41, 5.74) is -0.112. The van der Waals surface area contributed by atoms with Crippen molar-refractivity contribution in [1.82, 2.24) is 9.78 Å². The van der Waals surface area contributed by atoms with Crippen molar-refractivity contribution in [3.05, 3.63) is 18.0 Å². The number of Topliss-reactive ketones (excluding diaryl/α,β-unsaturated/α-hetero) is 1. The Bertz CT molecular complexity index is 354. The Kier molecular flexibility index (Phi) is 4.24. The first-order chi connectivity index (χ1) is 7.59. The number of nitrogens with zero attached hydrogens (tertiary/aromatic N) is 2. The summed E-state index contributed by atoms with van der Waals surface area (Å²) < 4.78 is 7.06. The fraction of sp³-hybridized carbons (Fsp3) is 0.667. The molecule has 0 N–H and O–H groups in total. The second-order valence-electron chi connectivity index (χ2n) is 4.06. The predicted octanol–water partition coefficient (Wildman–Crippen LogP) is 2.29. The Labute approximate surface area is 96.6 Å². The van der Waals surface area contributed by atoms with E-state index in [0.717, 1.165) is 13.0 Å². The summed E-state index contributed by atoms with van der Waals surface area (Å²) in [5, 5.41) is 4.15. The van der Waals surface area contributed by atoms with E-state index in [4.69, 9.17) is 4.74 Å². The average Bonchev–Trinajstić information content (AvgIpc) is 2.75. The molecule has 1 unspecified atom stereocenters. The third-order valence-corrected chi connectivity index (χ3v) is 2.99. The maximum absolute atomic E-state index is 12.3. The first-order valence-electron chi connectivity index (χ1n) is 5.70. The van der Waals surface area contributed by atoms with Crippen LogP contribution in [0.1, 0.15) is 44.1 Å². The van der Waals surface area contributed by atoms with Gasteiger partial charge in [0.2, 0.25) is 5.78 Å². The van der Waals surface area contributed by atoms with Gasteiger partial charge in [0.05, 0.1) is 0 Å². The molecule has 1 aromatic rings. The Morgan fingerprint density at radius 3 is 2.75 bits per heavy atom. The molecule has 0 amide bonds. The molecule has 0 bridgehead atoms. The van der Waals surface area contributed by atoms with Crippen LogP contribution in [-0.2, 0) is 11.3 Å². The van der Waals surface area contributed by atoms with Crippen molar-refractivity contribution < 1.29 is 9.53 Å². The van der Waals surface area contributed by atoms with Crippen LogP contribution in [0.15, 0.2) is 12.3 Å². The van der Waals surface area contributed by atoms with E-state index in [1.54, 1.807) is 24.1 Å². The van der Waals surface area contributed by atoms with E-state index in [2.05, 4.69) is 12.0 Å². The zero-order chi connectivity index (χ0) is 12.2. The second-order valence-corrected chi connectivity index (χ2v) is 4.06. The highest BCUT2D eigenvalue weighted by Gasteiger charge is 2.33. The lowest BCUT2D eigenvalue weighted by molar-refractivity contribution is 0.00969. The van der Waals surface area contributed by atoms with Crippen LogP contribution in [0.4, 0.5) is 0 Å². The van der Waals surface area contributed by atoms with Crippen molar-refractivity contribution in [2.24, 2.45) is 0 Å². The van der Waals surface area contributed by atoms with Crippen LogP contribution >= 0.6 is 0 Å². The Morgan fingerprint density at radius 1 is 1.56 bits per heavy atom. The molecule has 0 fully saturated rings. The van der Waals surface area contributed by atoms with Crippen LogP contribution in [-0.4, -0.2) is 28.3 Å². The van der Waals surface area contributed by atoms with Gasteiger partial charge in [0.15, 0.2) is 0 Å². The lowest BCUT2D eigenvalue weighted by Crippen LogP contribution is -2.38. The molecule has 0 aromatic carbocycles. The number of hydrogen-bond donors (Lipinski definition) is 0. The van der Waals surface area contributed by atoms with Crippen LogP contribution in [0.25, 0.3) is 0 Å². The fourth-order valence-electron chi connectivity index (χ4n) is 1.58. The lowest BCUT2D eigenvalue weighted by atomic mass is 9.95. The van der Waals surface area contributed by atoms with E-state index in [0.29, 0.717) is 12.1 Å². The van der Waals surface area contributed by atoms with Crippen molar-refractivity contribution in [2.45, 2.75) is 45.8 Å². The molecule has 0 radical (unpaired) electrons. The van der Waals surface area contributed by atoms with Crippen molar-refractivity contribution in [2.75, 3.05) is 7.11 Å². The zero-order valence-corrected chi connectivity index (χ0v) is 10.5. The molecule has 90 valence electrons. The van der Waals surface area contributed by atoms with Crippen molar-refractivity contribution in [3.63, 3.8) is 0 Å². The van der Waals surface area contributed by atoms with Crippen LogP contribution < -0.4 is 0 Å². The van der Waals surface area contributed by atoms with Gasteiger partial charge in [0, 0.05) is 19.9 Å². The summed E-state index contributed by atoms with van der Waals surface area (Å²) in [5.74, 6) is 0.00319.